The summed E-state index contributed by atoms with van der Waals surface area (Å²) in [4.78, 5) is 14.5. The average Bonchev–Trinajstić information content (AvgIpc) is 2.73. The van der Waals surface area contributed by atoms with Gasteiger partial charge in [-0.15, -0.1) is 0 Å². The van der Waals surface area contributed by atoms with Gasteiger partial charge < -0.3 is 14.9 Å². The fraction of sp³-hybridized carbons (Fsp3) is 0.500. The van der Waals surface area contributed by atoms with Crippen LogP contribution in [0.25, 0.3) is 0 Å². The van der Waals surface area contributed by atoms with E-state index in [1.165, 1.54) is 6.07 Å². The molecule has 5 nitrogen and oxygen atoms in total. The van der Waals surface area contributed by atoms with Crippen LogP contribution in [0.3, 0.4) is 0 Å². The maximum Gasteiger partial charge on any atom is 0.161 e. The number of benzene rings is 1. The molecule has 3 aliphatic rings. The monoisotopic (exact) mass is 315 g/mol. The molecule has 2 N–H and O–H groups in total. The third-order valence-electron chi connectivity index (χ3n) is 6.05. The molecule has 23 heavy (non-hydrogen) atoms. The fourth-order valence-electron chi connectivity index (χ4n) is 4.86. The number of carbonyl (C=O) groups excluding carboxylic acids is 1. The topological polar surface area (TPSA) is 70.0 Å². The average molecular weight is 315 g/mol. The third kappa shape index (κ3) is 1.66. The molecule has 122 valence electrons. The van der Waals surface area contributed by atoms with Gasteiger partial charge in [0.05, 0.1) is 0 Å². The van der Waals surface area contributed by atoms with E-state index in [4.69, 9.17) is 4.74 Å². The van der Waals surface area contributed by atoms with E-state index in [9.17, 15) is 15.0 Å². The third-order valence-corrected chi connectivity index (χ3v) is 6.05. The highest BCUT2D eigenvalue weighted by Crippen LogP contribution is 2.58. The molecule has 0 aromatic heterocycles. The van der Waals surface area contributed by atoms with Crippen molar-refractivity contribution in [2.75, 3.05) is 13.3 Å². The standard InChI is InChI=1S/C18H21NO4/c1-11-3-4-14(21)16(22)15(11)17-7-8-19-10-23-18(17,12(19)2)6-5-13(20)9-17/h3-6,12,21-22H,7-10H2,1-2H3. The second-order valence-corrected chi connectivity index (χ2v) is 6.99. The summed E-state index contributed by atoms with van der Waals surface area (Å²) < 4.78 is 6.23. The number of rotatable bonds is 1. The van der Waals surface area contributed by atoms with Crippen LogP contribution in [0.4, 0.5) is 0 Å². The second kappa shape index (κ2) is 4.58. The molecule has 1 aliphatic carbocycles. The Morgan fingerprint density at radius 3 is 2.91 bits per heavy atom. The number of aromatic hydroxyl groups is 2. The fourth-order valence-corrected chi connectivity index (χ4v) is 4.86. The summed E-state index contributed by atoms with van der Waals surface area (Å²) in [6.07, 6.45) is 4.50. The summed E-state index contributed by atoms with van der Waals surface area (Å²) >= 11 is 0. The number of ketones is 1. The highest BCUT2D eigenvalue weighted by Gasteiger charge is 2.65. The molecule has 2 bridgehead atoms. The maximum atomic E-state index is 12.3. The zero-order valence-corrected chi connectivity index (χ0v) is 13.4. The van der Waals surface area contributed by atoms with Crippen LogP contribution < -0.4 is 0 Å². The van der Waals surface area contributed by atoms with E-state index in [0.29, 0.717) is 25.1 Å². The summed E-state index contributed by atoms with van der Waals surface area (Å²) in [6.45, 7) is 5.35. The van der Waals surface area contributed by atoms with Gasteiger partial charge in [0.2, 0.25) is 0 Å². The van der Waals surface area contributed by atoms with E-state index >= 15 is 0 Å². The normalized spacial score (nSPS) is 38.6. The minimum Gasteiger partial charge on any atom is -0.504 e. The van der Waals surface area contributed by atoms with Gasteiger partial charge in [0, 0.05) is 30.0 Å². The molecule has 0 saturated carbocycles. The van der Waals surface area contributed by atoms with Crippen LogP contribution in [0.5, 0.6) is 11.5 Å². The summed E-state index contributed by atoms with van der Waals surface area (Å²) in [5.74, 6) is -0.234. The summed E-state index contributed by atoms with van der Waals surface area (Å²) in [7, 11) is 0. The summed E-state index contributed by atoms with van der Waals surface area (Å²) in [5, 5.41) is 20.6. The Bertz CT molecular complexity index is 728. The number of fused-ring (bicyclic) bond motifs is 1. The first kappa shape index (κ1) is 14.7. The Balaban J connectivity index is 2.03. The van der Waals surface area contributed by atoms with E-state index in [2.05, 4.69) is 11.8 Å². The lowest BCUT2D eigenvalue weighted by Gasteiger charge is -2.54. The molecule has 2 fully saturated rings. The minimum atomic E-state index is -0.644. The Morgan fingerprint density at radius 2 is 2.13 bits per heavy atom. The predicted octanol–water partition coefficient (Wildman–Crippen LogP) is 1.99. The number of hydrogen-bond acceptors (Lipinski definition) is 5. The van der Waals surface area contributed by atoms with Crippen molar-refractivity contribution in [3.05, 3.63) is 35.4 Å². The van der Waals surface area contributed by atoms with Gasteiger partial charge in [0.25, 0.3) is 0 Å². The van der Waals surface area contributed by atoms with E-state index in [1.54, 1.807) is 12.1 Å². The van der Waals surface area contributed by atoms with Crippen LogP contribution >= 0.6 is 0 Å². The number of ether oxygens (including phenoxy) is 1. The molecule has 2 aliphatic heterocycles. The zero-order valence-electron chi connectivity index (χ0n) is 13.4. The quantitative estimate of drug-likeness (QED) is 0.776. The molecule has 1 spiro atoms. The van der Waals surface area contributed by atoms with Crippen molar-refractivity contribution in [2.24, 2.45) is 0 Å². The van der Waals surface area contributed by atoms with Gasteiger partial charge >= 0.3 is 0 Å². The second-order valence-electron chi connectivity index (χ2n) is 6.99. The van der Waals surface area contributed by atoms with E-state index < -0.39 is 11.0 Å². The number of carbonyl (C=O) groups is 1. The number of piperidine rings is 1. The number of aryl methyl sites for hydroxylation is 1. The molecule has 0 radical (unpaired) electrons. The number of phenolic OH excluding ortho intramolecular Hbond substituents is 2. The van der Waals surface area contributed by atoms with Crippen molar-refractivity contribution in [1.29, 1.82) is 0 Å². The van der Waals surface area contributed by atoms with Crippen LogP contribution in [0, 0.1) is 6.92 Å². The van der Waals surface area contributed by atoms with Gasteiger partial charge in [-0.1, -0.05) is 6.07 Å². The molecule has 5 heteroatoms. The van der Waals surface area contributed by atoms with Crippen LogP contribution in [0.15, 0.2) is 24.3 Å². The molecule has 4 unspecified atom stereocenters. The van der Waals surface area contributed by atoms with Gasteiger partial charge in [-0.25, -0.2) is 0 Å². The van der Waals surface area contributed by atoms with E-state index in [1.807, 2.05) is 13.0 Å². The van der Waals surface area contributed by atoms with E-state index in [0.717, 1.165) is 12.1 Å². The molecule has 2 saturated heterocycles. The van der Waals surface area contributed by atoms with Gasteiger partial charge in [-0.2, -0.15) is 0 Å². The Morgan fingerprint density at radius 1 is 1.35 bits per heavy atom. The number of allylic oxidation sites excluding steroid dienone is 1. The first-order valence-electron chi connectivity index (χ1n) is 8.03. The van der Waals surface area contributed by atoms with Crippen molar-refractivity contribution in [3.8, 4) is 11.5 Å². The molecular formula is C18H21NO4. The largest absolute Gasteiger partial charge is 0.504 e. The molecular weight excluding hydrogens is 294 g/mol. The van der Waals surface area contributed by atoms with Gasteiger partial charge in [-0.05, 0) is 44.1 Å². The van der Waals surface area contributed by atoms with Crippen molar-refractivity contribution in [2.45, 2.75) is 43.7 Å². The Kier molecular flexibility index (Phi) is 2.93. The molecule has 4 rings (SSSR count). The van der Waals surface area contributed by atoms with Crippen LogP contribution in [-0.4, -0.2) is 45.8 Å². The van der Waals surface area contributed by atoms with Gasteiger partial charge in [-0.3, -0.25) is 9.69 Å². The van der Waals surface area contributed by atoms with Crippen LogP contribution in [0.1, 0.15) is 30.9 Å². The van der Waals surface area contributed by atoms with Crippen molar-refractivity contribution < 1.29 is 19.7 Å². The van der Waals surface area contributed by atoms with Crippen molar-refractivity contribution in [3.63, 3.8) is 0 Å². The highest BCUT2D eigenvalue weighted by atomic mass is 16.5. The van der Waals surface area contributed by atoms with Crippen molar-refractivity contribution in [1.82, 2.24) is 4.90 Å². The molecule has 2 heterocycles. The summed E-state index contributed by atoms with van der Waals surface area (Å²) in [6, 6.07) is 3.40. The van der Waals surface area contributed by atoms with Crippen LogP contribution in [0.2, 0.25) is 0 Å². The van der Waals surface area contributed by atoms with Gasteiger partial charge in [0.1, 0.15) is 12.3 Å². The zero-order chi connectivity index (χ0) is 16.4. The van der Waals surface area contributed by atoms with E-state index in [-0.39, 0.29) is 23.3 Å². The lowest BCUT2D eigenvalue weighted by atomic mass is 9.55. The lowest BCUT2D eigenvalue weighted by Crippen LogP contribution is -2.64. The smallest absolute Gasteiger partial charge is 0.161 e. The lowest BCUT2D eigenvalue weighted by molar-refractivity contribution is -0.122. The summed E-state index contributed by atoms with van der Waals surface area (Å²) in [5.41, 5.74) is 0.246. The number of hydrogen-bond donors (Lipinski definition) is 2. The SMILES string of the molecule is Cc1ccc(O)c(O)c1C12CCN3COC1(C=CC(=O)C2)C3C. The highest BCUT2D eigenvalue weighted by molar-refractivity contribution is 5.93. The predicted molar refractivity (Wildman–Crippen MR) is 84.4 cm³/mol. The Labute approximate surface area is 135 Å². The Hall–Kier alpha value is -1.85. The number of phenols is 2. The van der Waals surface area contributed by atoms with Crippen LogP contribution in [-0.2, 0) is 14.9 Å². The van der Waals surface area contributed by atoms with Crippen molar-refractivity contribution >= 4 is 5.78 Å². The molecule has 1 aromatic rings. The minimum absolute atomic E-state index is 0.0360. The first-order chi connectivity index (χ1) is 10.9. The maximum absolute atomic E-state index is 12.3. The molecule has 1 aromatic carbocycles. The number of nitrogens with zero attached hydrogens (tertiary/aromatic N) is 1. The molecule has 4 atom stereocenters. The first-order valence-corrected chi connectivity index (χ1v) is 8.03. The molecule has 0 amide bonds. The van der Waals surface area contributed by atoms with Gasteiger partial charge in [0.15, 0.2) is 17.3 Å².